The van der Waals surface area contributed by atoms with Crippen molar-refractivity contribution in [2.24, 2.45) is 0 Å². The minimum atomic E-state index is -0.679. The third kappa shape index (κ3) is 5.83. The number of H-pyrrole nitrogens is 1. The number of carbonyl (C=O) groups is 1. The molecule has 0 atom stereocenters. The minimum Gasteiger partial charge on any atom is -0.444 e. The zero-order chi connectivity index (χ0) is 20.2. The summed E-state index contributed by atoms with van der Waals surface area (Å²) in [4.78, 5) is 27.3. The molecule has 0 saturated carbocycles. The summed E-state index contributed by atoms with van der Waals surface area (Å²) < 4.78 is 7.13. The normalized spacial score (nSPS) is 11.1. The quantitative estimate of drug-likeness (QED) is 0.636. The topological polar surface area (TPSA) is 88.2 Å². The van der Waals surface area contributed by atoms with E-state index in [1.54, 1.807) is 37.5 Å². The Hall–Kier alpha value is -2.32. The molecule has 2 aromatic rings. The lowest BCUT2D eigenvalue weighted by molar-refractivity contribution is 0.0634. The Balaban J connectivity index is 2.51. The summed E-state index contributed by atoms with van der Waals surface area (Å²) in [5.74, 6) is 0.245. The SMILES string of the molecule is CCNc1c(NC(=O)OC(C)(C)C)n(Cc2ccc(Cl)cc2)c(=S)[nH]c1=O. The first kappa shape index (κ1) is 21.0. The highest BCUT2D eigenvalue weighted by Crippen LogP contribution is 2.21. The van der Waals surface area contributed by atoms with Crippen LogP contribution < -0.4 is 16.2 Å². The molecule has 2 rings (SSSR count). The highest BCUT2D eigenvalue weighted by molar-refractivity contribution is 7.71. The lowest BCUT2D eigenvalue weighted by Gasteiger charge is -2.22. The number of anilines is 2. The van der Waals surface area contributed by atoms with Crippen LogP contribution in [0.1, 0.15) is 33.3 Å². The van der Waals surface area contributed by atoms with Gasteiger partial charge >= 0.3 is 6.09 Å². The molecule has 1 aromatic heterocycles. The number of carbonyl (C=O) groups excluding carboxylic acids is 1. The number of hydrogen-bond acceptors (Lipinski definition) is 5. The van der Waals surface area contributed by atoms with Gasteiger partial charge in [-0.1, -0.05) is 23.7 Å². The smallest absolute Gasteiger partial charge is 0.413 e. The van der Waals surface area contributed by atoms with Crippen LogP contribution >= 0.6 is 23.8 Å². The average Bonchev–Trinajstić information content (AvgIpc) is 2.54. The fraction of sp³-hybridized carbons (Fsp3) is 0.389. The van der Waals surface area contributed by atoms with Gasteiger partial charge < -0.3 is 10.1 Å². The van der Waals surface area contributed by atoms with Crippen molar-refractivity contribution in [1.82, 2.24) is 9.55 Å². The van der Waals surface area contributed by atoms with Crippen molar-refractivity contribution in [2.45, 2.75) is 39.8 Å². The van der Waals surface area contributed by atoms with Crippen LogP contribution in [0.4, 0.5) is 16.3 Å². The van der Waals surface area contributed by atoms with Crippen LogP contribution in [0.15, 0.2) is 29.1 Å². The molecule has 0 aliphatic carbocycles. The summed E-state index contributed by atoms with van der Waals surface area (Å²) >= 11 is 11.3. The number of halogens is 1. The van der Waals surface area contributed by atoms with E-state index < -0.39 is 17.3 Å². The van der Waals surface area contributed by atoms with E-state index in [2.05, 4.69) is 15.6 Å². The van der Waals surface area contributed by atoms with E-state index in [1.807, 2.05) is 19.1 Å². The number of nitrogens with one attached hydrogen (secondary N) is 3. The van der Waals surface area contributed by atoms with Crippen molar-refractivity contribution < 1.29 is 9.53 Å². The lowest BCUT2D eigenvalue weighted by Crippen LogP contribution is -2.31. The van der Waals surface area contributed by atoms with Crippen molar-refractivity contribution >= 4 is 41.4 Å². The highest BCUT2D eigenvalue weighted by Gasteiger charge is 2.21. The molecule has 0 radical (unpaired) electrons. The Bertz CT molecular complexity index is 930. The number of ether oxygens (including phenoxy) is 1. The molecular formula is C18H23ClN4O3S. The molecule has 1 aromatic carbocycles. The first-order chi connectivity index (χ1) is 12.6. The molecule has 0 aliphatic heterocycles. The van der Waals surface area contributed by atoms with E-state index in [1.165, 1.54) is 0 Å². The second kappa shape index (κ2) is 8.58. The van der Waals surface area contributed by atoms with Gasteiger partial charge in [-0.15, -0.1) is 0 Å². The van der Waals surface area contributed by atoms with Crippen LogP contribution in [-0.4, -0.2) is 27.8 Å². The standard InChI is InChI=1S/C18H23ClN4O3S/c1-5-20-13-14(21-17(25)26-18(2,3)4)23(16(27)22-15(13)24)10-11-6-8-12(19)9-7-11/h6-9,20H,5,10H2,1-4H3,(H,21,25)(H,22,24,27). The monoisotopic (exact) mass is 410 g/mol. The average molecular weight is 411 g/mol. The summed E-state index contributed by atoms with van der Waals surface area (Å²) in [5.41, 5.74) is 0.0185. The Morgan fingerprint density at radius 3 is 2.48 bits per heavy atom. The molecule has 9 heteroatoms. The fourth-order valence-corrected chi connectivity index (χ4v) is 2.74. The van der Waals surface area contributed by atoms with Gasteiger partial charge in [0.25, 0.3) is 5.56 Å². The number of amides is 1. The largest absolute Gasteiger partial charge is 0.444 e. The van der Waals surface area contributed by atoms with Gasteiger partial charge in [0.1, 0.15) is 17.1 Å². The van der Waals surface area contributed by atoms with Crippen LogP contribution in [0.5, 0.6) is 0 Å². The molecule has 0 aliphatic rings. The zero-order valence-electron chi connectivity index (χ0n) is 15.7. The zero-order valence-corrected chi connectivity index (χ0v) is 17.3. The molecule has 0 fully saturated rings. The molecular weight excluding hydrogens is 388 g/mol. The lowest BCUT2D eigenvalue weighted by atomic mass is 10.2. The maximum absolute atomic E-state index is 12.4. The number of benzene rings is 1. The molecule has 27 heavy (non-hydrogen) atoms. The molecule has 1 heterocycles. The number of nitrogens with zero attached hydrogens (tertiary/aromatic N) is 1. The number of aromatic nitrogens is 2. The van der Waals surface area contributed by atoms with Gasteiger partial charge in [0.15, 0.2) is 4.77 Å². The predicted octanol–water partition coefficient (Wildman–Crippen LogP) is 4.39. The number of hydrogen-bond donors (Lipinski definition) is 3. The minimum absolute atomic E-state index is 0.183. The fourth-order valence-electron chi connectivity index (χ4n) is 2.37. The van der Waals surface area contributed by atoms with Gasteiger partial charge in [-0.3, -0.25) is 19.7 Å². The van der Waals surface area contributed by atoms with Crippen molar-refractivity contribution in [3.05, 3.63) is 50.0 Å². The van der Waals surface area contributed by atoms with E-state index in [9.17, 15) is 9.59 Å². The summed E-state index contributed by atoms with van der Waals surface area (Å²) in [6.07, 6.45) is -0.675. The molecule has 0 unspecified atom stereocenters. The van der Waals surface area contributed by atoms with Gasteiger partial charge in [0.05, 0.1) is 6.54 Å². The van der Waals surface area contributed by atoms with E-state index in [0.717, 1.165) is 5.56 Å². The van der Waals surface area contributed by atoms with Crippen LogP contribution in [0.2, 0.25) is 5.02 Å². The van der Waals surface area contributed by atoms with E-state index >= 15 is 0 Å². The molecule has 7 nitrogen and oxygen atoms in total. The van der Waals surface area contributed by atoms with Gasteiger partial charge in [0.2, 0.25) is 0 Å². The molecule has 0 spiro atoms. The summed E-state index contributed by atoms with van der Waals surface area (Å²) in [5, 5.41) is 6.25. The van der Waals surface area contributed by atoms with Crippen LogP contribution in [-0.2, 0) is 11.3 Å². The summed E-state index contributed by atoms with van der Waals surface area (Å²) in [6.45, 7) is 7.95. The third-order valence-electron chi connectivity index (χ3n) is 3.43. The highest BCUT2D eigenvalue weighted by atomic mass is 35.5. The van der Waals surface area contributed by atoms with Gasteiger partial charge in [-0.25, -0.2) is 4.79 Å². The van der Waals surface area contributed by atoms with Crippen molar-refractivity contribution in [3.63, 3.8) is 0 Å². The Kier molecular flexibility index (Phi) is 6.67. The molecule has 0 bridgehead atoms. The predicted molar refractivity (Wildman–Crippen MR) is 110 cm³/mol. The second-order valence-corrected chi connectivity index (χ2v) is 7.68. The summed E-state index contributed by atoms with van der Waals surface area (Å²) in [7, 11) is 0. The number of rotatable bonds is 5. The first-order valence-electron chi connectivity index (χ1n) is 8.46. The van der Waals surface area contributed by atoms with Crippen LogP contribution in [0.3, 0.4) is 0 Å². The maximum Gasteiger partial charge on any atom is 0.413 e. The Labute approximate surface area is 167 Å². The van der Waals surface area contributed by atoms with Gasteiger partial charge in [-0.2, -0.15) is 0 Å². The van der Waals surface area contributed by atoms with E-state index in [0.29, 0.717) is 18.1 Å². The van der Waals surface area contributed by atoms with Crippen molar-refractivity contribution in [3.8, 4) is 0 Å². The maximum atomic E-state index is 12.4. The van der Waals surface area contributed by atoms with E-state index in [4.69, 9.17) is 28.6 Å². The number of aromatic amines is 1. The van der Waals surface area contributed by atoms with Crippen molar-refractivity contribution in [2.75, 3.05) is 17.2 Å². The van der Waals surface area contributed by atoms with Crippen LogP contribution in [0.25, 0.3) is 0 Å². The Morgan fingerprint density at radius 1 is 1.30 bits per heavy atom. The molecule has 146 valence electrons. The third-order valence-corrected chi connectivity index (χ3v) is 4.00. The van der Waals surface area contributed by atoms with Crippen molar-refractivity contribution in [1.29, 1.82) is 0 Å². The molecule has 1 amide bonds. The van der Waals surface area contributed by atoms with Crippen LogP contribution in [0, 0.1) is 4.77 Å². The Morgan fingerprint density at radius 2 is 1.93 bits per heavy atom. The molecule has 0 saturated heterocycles. The van der Waals surface area contributed by atoms with Gasteiger partial charge in [-0.05, 0) is 57.6 Å². The first-order valence-corrected chi connectivity index (χ1v) is 9.24. The summed E-state index contributed by atoms with van der Waals surface area (Å²) in [6, 6.07) is 7.22. The molecule has 3 N–H and O–H groups in total. The van der Waals surface area contributed by atoms with E-state index in [-0.39, 0.29) is 16.3 Å². The van der Waals surface area contributed by atoms with Gasteiger partial charge in [0, 0.05) is 11.6 Å². The second-order valence-electron chi connectivity index (χ2n) is 6.85.